The van der Waals surface area contributed by atoms with E-state index in [-0.39, 0.29) is 11.7 Å². The van der Waals surface area contributed by atoms with Crippen molar-refractivity contribution in [2.45, 2.75) is 33.0 Å². The fraction of sp³-hybridized carbons (Fsp3) is 0.208. The van der Waals surface area contributed by atoms with E-state index in [1.807, 2.05) is 67.9 Å². The van der Waals surface area contributed by atoms with Gasteiger partial charge in [-0.2, -0.15) is 18.3 Å². The standard InChI is InChI=1S/C24H20F3N5O/c1-13-22(15(3)33-31-13)17-9-20-23(28-11-17)18(19-10-21(30-29-19)24(25,26)27)12-32(20)14(2)16-7-5-4-6-8-16/h4-12,14H,1-3H3,(H,29,30). The summed E-state index contributed by atoms with van der Waals surface area (Å²) in [6.45, 7) is 5.73. The number of aromatic amines is 1. The van der Waals surface area contributed by atoms with Gasteiger partial charge in [-0.1, -0.05) is 35.5 Å². The van der Waals surface area contributed by atoms with Crippen molar-refractivity contribution in [1.29, 1.82) is 0 Å². The summed E-state index contributed by atoms with van der Waals surface area (Å²) < 4.78 is 46.8. The van der Waals surface area contributed by atoms with Gasteiger partial charge in [-0.3, -0.25) is 10.1 Å². The number of alkyl halides is 3. The summed E-state index contributed by atoms with van der Waals surface area (Å²) in [6.07, 6.45) is -1.02. The zero-order valence-electron chi connectivity index (χ0n) is 18.1. The number of hydrogen-bond donors (Lipinski definition) is 1. The molecule has 5 aromatic rings. The Hall–Kier alpha value is -3.88. The Bertz CT molecular complexity index is 1430. The molecule has 168 valence electrons. The van der Waals surface area contributed by atoms with E-state index in [9.17, 15) is 13.2 Å². The van der Waals surface area contributed by atoms with E-state index in [2.05, 4.69) is 20.3 Å². The molecule has 33 heavy (non-hydrogen) atoms. The highest BCUT2D eigenvalue weighted by molar-refractivity contribution is 5.94. The Morgan fingerprint density at radius 3 is 2.48 bits per heavy atom. The van der Waals surface area contributed by atoms with E-state index in [0.29, 0.717) is 16.8 Å². The van der Waals surface area contributed by atoms with Crippen molar-refractivity contribution < 1.29 is 17.7 Å². The molecule has 4 aromatic heterocycles. The lowest BCUT2D eigenvalue weighted by atomic mass is 10.0. The first-order valence-electron chi connectivity index (χ1n) is 10.4. The molecule has 0 amide bonds. The highest BCUT2D eigenvalue weighted by Gasteiger charge is 2.34. The molecule has 0 aliphatic rings. The summed E-state index contributed by atoms with van der Waals surface area (Å²) in [7, 11) is 0. The van der Waals surface area contributed by atoms with Crippen LogP contribution >= 0.6 is 0 Å². The molecule has 0 bridgehead atoms. The number of aromatic nitrogens is 5. The lowest BCUT2D eigenvalue weighted by Crippen LogP contribution is -2.05. The molecule has 6 nitrogen and oxygen atoms in total. The summed E-state index contributed by atoms with van der Waals surface area (Å²) in [5.41, 5.74) is 4.66. The van der Waals surface area contributed by atoms with Gasteiger partial charge >= 0.3 is 6.18 Å². The molecule has 1 atom stereocenters. The zero-order chi connectivity index (χ0) is 23.3. The summed E-state index contributed by atoms with van der Waals surface area (Å²) in [5, 5.41) is 10.0. The smallest absolute Gasteiger partial charge is 0.361 e. The van der Waals surface area contributed by atoms with Gasteiger partial charge in [0.25, 0.3) is 0 Å². The second-order valence-corrected chi connectivity index (χ2v) is 7.99. The second kappa shape index (κ2) is 7.61. The van der Waals surface area contributed by atoms with Gasteiger partial charge in [-0.15, -0.1) is 0 Å². The second-order valence-electron chi connectivity index (χ2n) is 7.99. The molecule has 5 rings (SSSR count). The maximum atomic E-state index is 13.2. The number of nitrogens with one attached hydrogen (secondary N) is 1. The fourth-order valence-electron chi connectivity index (χ4n) is 4.17. The van der Waals surface area contributed by atoms with Crippen molar-refractivity contribution >= 4 is 11.0 Å². The number of benzene rings is 1. The lowest BCUT2D eigenvalue weighted by Gasteiger charge is -2.16. The quantitative estimate of drug-likeness (QED) is 0.347. The van der Waals surface area contributed by atoms with Crippen LogP contribution in [0.2, 0.25) is 0 Å². The number of fused-ring (bicyclic) bond motifs is 1. The van der Waals surface area contributed by atoms with Crippen LogP contribution in [0.25, 0.3) is 33.4 Å². The number of H-pyrrole nitrogens is 1. The summed E-state index contributed by atoms with van der Waals surface area (Å²) in [6, 6.07) is 12.8. The molecule has 0 aliphatic heterocycles. The predicted octanol–water partition coefficient (Wildman–Crippen LogP) is 6.33. The molecule has 1 aromatic carbocycles. The SMILES string of the molecule is Cc1noc(C)c1-c1cnc2c(-c3cc(C(F)(F)F)n[nH]3)cn(C(C)c3ccccc3)c2c1. The van der Waals surface area contributed by atoms with Gasteiger partial charge in [0, 0.05) is 29.1 Å². The minimum atomic E-state index is -4.53. The molecule has 0 spiro atoms. The Balaban J connectivity index is 1.73. The number of pyridine rings is 1. The first-order chi connectivity index (χ1) is 15.7. The summed E-state index contributed by atoms with van der Waals surface area (Å²) in [4.78, 5) is 4.64. The van der Waals surface area contributed by atoms with Crippen molar-refractivity contribution in [3.05, 3.63) is 77.6 Å². The minimum Gasteiger partial charge on any atom is -0.361 e. The van der Waals surface area contributed by atoms with Crippen LogP contribution in [0.15, 0.2) is 59.4 Å². The van der Waals surface area contributed by atoms with Crippen LogP contribution < -0.4 is 0 Å². The number of nitrogens with zero attached hydrogens (tertiary/aromatic N) is 4. The maximum Gasteiger partial charge on any atom is 0.435 e. The normalized spacial score (nSPS) is 13.0. The average Bonchev–Trinajstić information content (AvgIpc) is 3.50. The third-order valence-electron chi connectivity index (χ3n) is 5.85. The number of hydrogen-bond acceptors (Lipinski definition) is 4. The van der Waals surface area contributed by atoms with Gasteiger partial charge in [-0.05, 0) is 38.5 Å². The third kappa shape index (κ3) is 3.59. The van der Waals surface area contributed by atoms with Crippen LogP contribution in [0.1, 0.15) is 35.7 Å². The van der Waals surface area contributed by atoms with Gasteiger partial charge in [0.1, 0.15) is 5.76 Å². The van der Waals surface area contributed by atoms with Gasteiger partial charge in [0.15, 0.2) is 5.69 Å². The van der Waals surface area contributed by atoms with Crippen molar-refractivity contribution in [3.8, 4) is 22.4 Å². The van der Waals surface area contributed by atoms with Crippen LogP contribution in [-0.4, -0.2) is 24.9 Å². The third-order valence-corrected chi connectivity index (χ3v) is 5.85. The van der Waals surface area contributed by atoms with Gasteiger partial charge < -0.3 is 9.09 Å². The van der Waals surface area contributed by atoms with Crippen LogP contribution in [0.5, 0.6) is 0 Å². The lowest BCUT2D eigenvalue weighted by molar-refractivity contribution is -0.141. The first kappa shape index (κ1) is 21.0. The number of halogens is 3. The van der Waals surface area contributed by atoms with Crippen LogP contribution in [0.4, 0.5) is 13.2 Å². The van der Waals surface area contributed by atoms with Crippen molar-refractivity contribution in [2.75, 3.05) is 0 Å². The highest BCUT2D eigenvalue weighted by atomic mass is 19.4. The molecule has 0 saturated carbocycles. The molecule has 0 saturated heterocycles. The number of rotatable bonds is 4. The first-order valence-corrected chi connectivity index (χ1v) is 10.4. The molecule has 0 radical (unpaired) electrons. The molecule has 1 N–H and O–H groups in total. The molecular formula is C24H20F3N5O. The molecular weight excluding hydrogens is 431 g/mol. The molecule has 9 heteroatoms. The van der Waals surface area contributed by atoms with Crippen LogP contribution in [-0.2, 0) is 6.18 Å². The minimum absolute atomic E-state index is 0.0887. The zero-order valence-corrected chi connectivity index (χ0v) is 18.1. The van der Waals surface area contributed by atoms with E-state index in [1.54, 1.807) is 6.20 Å². The fourth-order valence-corrected chi connectivity index (χ4v) is 4.17. The maximum absolute atomic E-state index is 13.2. The van der Waals surface area contributed by atoms with Crippen LogP contribution in [0, 0.1) is 13.8 Å². The van der Waals surface area contributed by atoms with E-state index in [4.69, 9.17) is 4.52 Å². The van der Waals surface area contributed by atoms with Crippen molar-refractivity contribution in [3.63, 3.8) is 0 Å². The molecule has 0 fully saturated rings. The van der Waals surface area contributed by atoms with Gasteiger partial charge in [-0.25, -0.2) is 0 Å². The largest absolute Gasteiger partial charge is 0.435 e. The Morgan fingerprint density at radius 2 is 1.85 bits per heavy atom. The Labute approximate surface area is 187 Å². The van der Waals surface area contributed by atoms with Crippen molar-refractivity contribution in [1.82, 2.24) is 24.9 Å². The summed E-state index contributed by atoms with van der Waals surface area (Å²) >= 11 is 0. The molecule has 1 unspecified atom stereocenters. The summed E-state index contributed by atoms with van der Waals surface area (Å²) in [5.74, 6) is 0.673. The van der Waals surface area contributed by atoms with E-state index in [0.717, 1.165) is 34.0 Å². The monoisotopic (exact) mass is 451 g/mol. The van der Waals surface area contributed by atoms with E-state index < -0.39 is 11.9 Å². The highest BCUT2D eigenvalue weighted by Crippen LogP contribution is 2.37. The molecule has 0 aliphatic carbocycles. The van der Waals surface area contributed by atoms with Gasteiger partial charge in [0.05, 0.1) is 28.5 Å². The topological polar surface area (TPSA) is 72.5 Å². The predicted molar refractivity (Wildman–Crippen MR) is 118 cm³/mol. The molecule has 4 heterocycles. The Kier molecular flexibility index (Phi) is 4.84. The van der Waals surface area contributed by atoms with E-state index >= 15 is 0 Å². The number of aryl methyl sites for hydroxylation is 2. The van der Waals surface area contributed by atoms with E-state index in [1.165, 1.54) is 0 Å². The Morgan fingerprint density at radius 1 is 1.09 bits per heavy atom. The van der Waals surface area contributed by atoms with Crippen molar-refractivity contribution in [2.24, 2.45) is 0 Å². The van der Waals surface area contributed by atoms with Gasteiger partial charge in [0.2, 0.25) is 0 Å². The average molecular weight is 451 g/mol. The van der Waals surface area contributed by atoms with Crippen LogP contribution in [0.3, 0.4) is 0 Å².